The van der Waals surface area contributed by atoms with E-state index >= 15 is 0 Å². The predicted octanol–water partition coefficient (Wildman–Crippen LogP) is 4.16. The third-order valence-corrected chi connectivity index (χ3v) is 6.52. The van der Waals surface area contributed by atoms with Crippen molar-refractivity contribution >= 4 is 16.9 Å². The summed E-state index contributed by atoms with van der Waals surface area (Å²) in [5.41, 5.74) is 5.87. The van der Waals surface area contributed by atoms with E-state index in [0.717, 1.165) is 27.6 Å². The fourth-order valence-electron chi connectivity index (χ4n) is 4.77. The Bertz CT molecular complexity index is 1440. The highest BCUT2D eigenvalue weighted by Crippen LogP contribution is 2.27. The van der Waals surface area contributed by atoms with Gasteiger partial charge in [-0.3, -0.25) is 14.5 Å². The van der Waals surface area contributed by atoms with Crippen LogP contribution in [0.5, 0.6) is 0 Å². The average Bonchev–Trinajstić information content (AvgIpc) is 3.29. The van der Waals surface area contributed by atoms with Crippen LogP contribution in [0.1, 0.15) is 60.0 Å². The number of pyridine rings is 1. The molecule has 194 valence electrons. The number of fused-ring (bicyclic) bond motifs is 1. The summed E-state index contributed by atoms with van der Waals surface area (Å²) in [6.07, 6.45) is 0.679. The number of nitrogens with zero attached hydrogens (tertiary/aromatic N) is 5. The van der Waals surface area contributed by atoms with E-state index in [9.17, 15) is 9.59 Å². The molecule has 0 aliphatic carbocycles. The monoisotopic (exact) mass is 502 g/mol. The van der Waals surface area contributed by atoms with Crippen molar-refractivity contribution in [2.45, 2.75) is 66.7 Å². The first kappa shape index (κ1) is 26.2. The lowest BCUT2D eigenvalue weighted by Crippen LogP contribution is -2.33. The number of ether oxygens (including phenoxy) is 1. The molecule has 0 aliphatic heterocycles. The Kier molecular flexibility index (Phi) is 8.13. The molecule has 0 saturated heterocycles. The minimum atomic E-state index is -0.396. The molecule has 2 aromatic heterocycles. The van der Waals surface area contributed by atoms with Crippen molar-refractivity contribution in [3.8, 4) is 0 Å². The van der Waals surface area contributed by atoms with Gasteiger partial charge in [0.15, 0.2) is 5.82 Å². The third kappa shape index (κ3) is 6.11. The van der Waals surface area contributed by atoms with Crippen molar-refractivity contribution in [2.75, 3.05) is 6.61 Å². The van der Waals surface area contributed by atoms with Gasteiger partial charge in [0.1, 0.15) is 6.54 Å². The van der Waals surface area contributed by atoms with Gasteiger partial charge in [0.05, 0.1) is 18.2 Å². The molecule has 9 heteroatoms. The molecule has 0 aliphatic rings. The Hall–Kier alpha value is -3.85. The van der Waals surface area contributed by atoms with Crippen molar-refractivity contribution in [3.05, 3.63) is 86.5 Å². The molecule has 4 aromatic rings. The summed E-state index contributed by atoms with van der Waals surface area (Å²) >= 11 is 0. The maximum absolute atomic E-state index is 13.2. The zero-order valence-corrected chi connectivity index (χ0v) is 22.1. The van der Waals surface area contributed by atoms with Gasteiger partial charge in [0.2, 0.25) is 0 Å². The van der Waals surface area contributed by atoms with E-state index in [2.05, 4.69) is 75.7 Å². The van der Waals surface area contributed by atoms with Crippen molar-refractivity contribution in [1.82, 2.24) is 30.1 Å². The quantitative estimate of drug-likeness (QED) is 0.325. The van der Waals surface area contributed by atoms with Gasteiger partial charge < -0.3 is 9.72 Å². The second-order valence-corrected chi connectivity index (χ2v) is 9.48. The number of H-pyrrole nitrogens is 1. The Morgan fingerprint density at radius 3 is 2.51 bits per heavy atom. The van der Waals surface area contributed by atoms with Crippen LogP contribution in [0.25, 0.3) is 10.9 Å². The Labute approximate surface area is 216 Å². The van der Waals surface area contributed by atoms with E-state index in [4.69, 9.17) is 4.74 Å². The van der Waals surface area contributed by atoms with E-state index in [1.54, 1.807) is 6.92 Å². The number of carbonyl (C=O) groups excluding carboxylic acids is 1. The van der Waals surface area contributed by atoms with Crippen LogP contribution in [0.3, 0.4) is 0 Å². The number of aromatic nitrogens is 5. The van der Waals surface area contributed by atoms with Crippen LogP contribution in [0.15, 0.2) is 47.3 Å². The first-order chi connectivity index (χ1) is 17.8. The van der Waals surface area contributed by atoms with E-state index in [-0.39, 0.29) is 24.8 Å². The highest BCUT2D eigenvalue weighted by Gasteiger charge is 2.27. The summed E-state index contributed by atoms with van der Waals surface area (Å²) in [6.45, 7) is 11.1. The number of nitrogens with one attached hydrogen (secondary N) is 1. The summed E-state index contributed by atoms with van der Waals surface area (Å²) in [4.78, 5) is 30.7. The summed E-state index contributed by atoms with van der Waals surface area (Å²) in [5, 5.41) is 13.2. The highest BCUT2D eigenvalue weighted by atomic mass is 16.5. The van der Waals surface area contributed by atoms with Crippen LogP contribution < -0.4 is 5.56 Å². The molecule has 0 saturated carbocycles. The van der Waals surface area contributed by atoms with Gasteiger partial charge in [-0.1, -0.05) is 48.4 Å². The van der Waals surface area contributed by atoms with Gasteiger partial charge in [-0.2, -0.15) is 0 Å². The molecule has 9 nitrogen and oxygen atoms in total. The number of tetrazole rings is 1. The second-order valence-electron chi connectivity index (χ2n) is 9.48. The van der Waals surface area contributed by atoms with E-state index in [0.29, 0.717) is 30.9 Å². The van der Waals surface area contributed by atoms with Crippen molar-refractivity contribution in [1.29, 1.82) is 0 Å². The molecule has 0 unspecified atom stereocenters. The molecule has 0 bridgehead atoms. The molecule has 0 spiro atoms. The topological polar surface area (TPSA) is 106 Å². The predicted molar refractivity (Wildman–Crippen MR) is 142 cm³/mol. The molecular formula is C28H34N6O3. The highest BCUT2D eigenvalue weighted by molar-refractivity contribution is 5.82. The van der Waals surface area contributed by atoms with Gasteiger partial charge in [-0.05, 0) is 73.2 Å². The summed E-state index contributed by atoms with van der Waals surface area (Å²) in [5.74, 6) is 0.166. The van der Waals surface area contributed by atoms with Crippen LogP contribution in [-0.2, 0) is 29.2 Å². The normalized spacial score (nSPS) is 12.3. The van der Waals surface area contributed by atoms with Crippen molar-refractivity contribution in [2.24, 2.45) is 0 Å². The first-order valence-electron chi connectivity index (χ1n) is 12.6. The number of aromatic amines is 1. The van der Waals surface area contributed by atoms with Crippen LogP contribution in [0.2, 0.25) is 0 Å². The average molecular weight is 503 g/mol. The minimum absolute atomic E-state index is 0.0693. The lowest BCUT2D eigenvalue weighted by atomic mass is 10.0. The lowest BCUT2D eigenvalue weighted by molar-refractivity contribution is -0.144. The molecule has 1 atom stereocenters. The van der Waals surface area contributed by atoms with E-state index in [1.165, 1.54) is 10.2 Å². The number of rotatable bonds is 10. The number of aryl methyl sites for hydroxylation is 3. The minimum Gasteiger partial charge on any atom is -0.465 e. The van der Waals surface area contributed by atoms with Gasteiger partial charge in [0.25, 0.3) is 5.56 Å². The van der Waals surface area contributed by atoms with E-state index in [1.807, 2.05) is 19.9 Å². The van der Waals surface area contributed by atoms with E-state index < -0.39 is 5.97 Å². The summed E-state index contributed by atoms with van der Waals surface area (Å²) in [6, 6.07) is 14.2. The fraction of sp³-hybridized carbons (Fsp3) is 0.393. The molecule has 4 rings (SSSR count). The fourth-order valence-corrected chi connectivity index (χ4v) is 4.77. The van der Waals surface area contributed by atoms with Gasteiger partial charge in [-0.15, -0.1) is 5.10 Å². The maximum Gasteiger partial charge on any atom is 0.327 e. The Balaban J connectivity index is 1.74. The number of hydrogen-bond donors (Lipinski definition) is 1. The Morgan fingerprint density at radius 2 is 1.81 bits per heavy atom. The smallest absolute Gasteiger partial charge is 0.327 e. The lowest BCUT2D eigenvalue weighted by Gasteiger charge is -2.30. The third-order valence-electron chi connectivity index (χ3n) is 6.52. The summed E-state index contributed by atoms with van der Waals surface area (Å²) in [7, 11) is 0. The van der Waals surface area contributed by atoms with Crippen LogP contribution in [0, 0.1) is 20.8 Å². The van der Waals surface area contributed by atoms with Crippen LogP contribution >= 0.6 is 0 Å². The van der Waals surface area contributed by atoms with Crippen molar-refractivity contribution in [3.63, 3.8) is 0 Å². The number of carbonyl (C=O) groups is 1. The van der Waals surface area contributed by atoms with Crippen molar-refractivity contribution < 1.29 is 9.53 Å². The number of benzene rings is 2. The first-order valence-corrected chi connectivity index (χ1v) is 12.6. The molecular weight excluding hydrogens is 468 g/mol. The largest absolute Gasteiger partial charge is 0.465 e. The maximum atomic E-state index is 13.2. The molecule has 37 heavy (non-hydrogen) atoms. The van der Waals surface area contributed by atoms with Crippen LogP contribution in [0.4, 0.5) is 0 Å². The molecule has 0 radical (unpaired) electrons. The second kappa shape index (κ2) is 11.5. The molecule has 2 aromatic carbocycles. The number of esters is 1. The number of hydrogen-bond acceptors (Lipinski definition) is 7. The summed E-state index contributed by atoms with van der Waals surface area (Å²) < 4.78 is 6.60. The standard InChI is InChI=1S/C28H34N6O3/c1-6-24(27-30-31-32-34(27)17-25(35)37-7-2)33(15-21-10-8-18(3)9-11-21)16-23-14-22-13-19(4)12-20(5)26(22)29-28(23)36/h8-14,24H,6-7,15-17H2,1-5H3,(H,29,36)/t24-/m0/s1. The zero-order chi connectivity index (χ0) is 26.5. The van der Waals surface area contributed by atoms with Gasteiger partial charge >= 0.3 is 5.97 Å². The van der Waals surface area contributed by atoms with Gasteiger partial charge in [0, 0.05) is 18.7 Å². The Morgan fingerprint density at radius 1 is 1.05 bits per heavy atom. The molecule has 2 heterocycles. The van der Waals surface area contributed by atoms with Crippen LogP contribution in [-0.4, -0.2) is 42.7 Å². The zero-order valence-electron chi connectivity index (χ0n) is 22.1. The SMILES string of the molecule is CCOC(=O)Cn1nnnc1[C@H](CC)N(Cc1ccc(C)cc1)Cc1cc2cc(C)cc(C)c2[nH]c1=O. The van der Waals surface area contributed by atoms with Gasteiger partial charge in [-0.25, -0.2) is 4.68 Å². The molecule has 0 fully saturated rings. The molecule has 1 N–H and O–H groups in total. The molecule has 0 amide bonds.